The minimum Gasteiger partial charge on any atom is -0.383 e. The van der Waals surface area contributed by atoms with Gasteiger partial charge >= 0.3 is 0 Å². The Morgan fingerprint density at radius 2 is 2.12 bits per heavy atom. The first-order chi connectivity index (χ1) is 7.63. The highest BCUT2D eigenvalue weighted by atomic mass is 16.5. The van der Waals surface area contributed by atoms with Crippen LogP contribution in [0.2, 0.25) is 0 Å². The summed E-state index contributed by atoms with van der Waals surface area (Å²) in [5.41, 5.74) is 9.17. The normalized spacial score (nSPS) is 11.6. The van der Waals surface area contributed by atoms with Crippen LogP contribution in [-0.4, -0.2) is 26.2 Å². The van der Waals surface area contributed by atoms with Crippen LogP contribution in [0.5, 0.6) is 0 Å². The Kier molecular flexibility index (Phi) is 4.79. The lowest BCUT2D eigenvalue weighted by atomic mass is 10.1. The van der Waals surface area contributed by atoms with Gasteiger partial charge in [-0.05, 0) is 37.1 Å². The molecule has 0 radical (unpaired) electrons. The topological polar surface area (TPSA) is 59.6 Å². The lowest BCUT2D eigenvalue weighted by molar-refractivity contribution is 0.208. The van der Waals surface area contributed by atoms with E-state index in [1.165, 1.54) is 11.1 Å². The highest BCUT2D eigenvalue weighted by Crippen LogP contribution is 2.13. The maximum atomic E-state index is 5.72. The number of nitrogens with two attached hydrogens (primary N) is 1. The van der Waals surface area contributed by atoms with Crippen molar-refractivity contribution in [2.75, 3.05) is 25.6 Å². The van der Waals surface area contributed by atoms with Crippen LogP contribution in [-0.2, 0) is 4.74 Å². The number of aryl methyl sites for hydroxylation is 2. The summed E-state index contributed by atoms with van der Waals surface area (Å²) in [7, 11) is 1.64. The van der Waals surface area contributed by atoms with Gasteiger partial charge < -0.3 is 15.8 Å². The number of methoxy groups -OCH3 is 1. The number of anilines is 1. The molecule has 1 aromatic carbocycles. The lowest BCUT2D eigenvalue weighted by Crippen LogP contribution is -2.23. The van der Waals surface area contributed by atoms with Crippen molar-refractivity contribution in [2.24, 2.45) is 10.7 Å². The Morgan fingerprint density at radius 1 is 1.38 bits per heavy atom. The van der Waals surface area contributed by atoms with Crippen molar-refractivity contribution >= 4 is 11.6 Å². The van der Waals surface area contributed by atoms with E-state index in [1.54, 1.807) is 7.11 Å². The molecule has 0 fully saturated rings. The van der Waals surface area contributed by atoms with E-state index in [4.69, 9.17) is 10.5 Å². The smallest absolute Gasteiger partial charge is 0.193 e. The van der Waals surface area contributed by atoms with Crippen LogP contribution < -0.4 is 11.1 Å². The van der Waals surface area contributed by atoms with Crippen LogP contribution >= 0.6 is 0 Å². The first kappa shape index (κ1) is 12.5. The standard InChI is InChI=1S/C12H19N3O/c1-9-4-5-11(8-10(9)2)15-12(13)14-6-7-16-3/h4-5,8H,6-7H2,1-3H3,(H3,13,14,15). The van der Waals surface area contributed by atoms with Gasteiger partial charge in [0.15, 0.2) is 5.96 Å². The lowest BCUT2D eigenvalue weighted by Gasteiger charge is -2.07. The summed E-state index contributed by atoms with van der Waals surface area (Å²) in [4.78, 5) is 4.12. The summed E-state index contributed by atoms with van der Waals surface area (Å²) in [5, 5.41) is 3.04. The summed E-state index contributed by atoms with van der Waals surface area (Å²) in [5.74, 6) is 0.417. The molecule has 4 heteroatoms. The zero-order valence-electron chi connectivity index (χ0n) is 10.1. The monoisotopic (exact) mass is 221 g/mol. The second-order valence-corrected chi connectivity index (χ2v) is 3.68. The molecule has 0 saturated heterocycles. The summed E-state index contributed by atoms with van der Waals surface area (Å²) in [6, 6.07) is 6.09. The van der Waals surface area contributed by atoms with Crippen molar-refractivity contribution in [3.63, 3.8) is 0 Å². The summed E-state index contributed by atoms with van der Waals surface area (Å²) >= 11 is 0. The van der Waals surface area contributed by atoms with Crippen molar-refractivity contribution in [3.8, 4) is 0 Å². The van der Waals surface area contributed by atoms with Gasteiger partial charge in [-0.15, -0.1) is 0 Å². The van der Waals surface area contributed by atoms with E-state index < -0.39 is 0 Å². The molecule has 0 heterocycles. The molecule has 0 aromatic heterocycles. The van der Waals surface area contributed by atoms with Crippen LogP contribution in [0, 0.1) is 13.8 Å². The third-order valence-corrected chi connectivity index (χ3v) is 2.36. The Hall–Kier alpha value is -1.55. The summed E-state index contributed by atoms with van der Waals surface area (Å²) < 4.78 is 4.89. The molecule has 0 aliphatic rings. The van der Waals surface area contributed by atoms with Crippen molar-refractivity contribution in [2.45, 2.75) is 13.8 Å². The van der Waals surface area contributed by atoms with Crippen LogP contribution in [0.1, 0.15) is 11.1 Å². The van der Waals surface area contributed by atoms with E-state index in [0.717, 1.165) is 5.69 Å². The zero-order valence-corrected chi connectivity index (χ0v) is 10.1. The van der Waals surface area contributed by atoms with E-state index in [-0.39, 0.29) is 0 Å². The minimum absolute atomic E-state index is 0.417. The third-order valence-electron chi connectivity index (χ3n) is 2.36. The van der Waals surface area contributed by atoms with Gasteiger partial charge in [-0.1, -0.05) is 6.07 Å². The van der Waals surface area contributed by atoms with E-state index in [0.29, 0.717) is 19.1 Å². The number of hydrogen-bond donors (Lipinski definition) is 2. The molecule has 0 saturated carbocycles. The molecule has 4 nitrogen and oxygen atoms in total. The number of benzene rings is 1. The van der Waals surface area contributed by atoms with Crippen LogP contribution in [0.25, 0.3) is 0 Å². The molecule has 0 spiro atoms. The van der Waals surface area contributed by atoms with Gasteiger partial charge in [-0.25, -0.2) is 0 Å². The molecule has 0 aliphatic heterocycles. The molecular formula is C12H19N3O. The number of nitrogens with one attached hydrogen (secondary N) is 1. The van der Waals surface area contributed by atoms with Gasteiger partial charge in [0.05, 0.1) is 13.2 Å². The molecule has 88 valence electrons. The SMILES string of the molecule is COCCN=C(N)Nc1ccc(C)c(C)c1. The van der Waals surface area contributed by atoms with Gasteiger partial charge in [0.2, 0.25) is 0 Å². The van der Waals surface area contributed by atoms with Crippen molar-refractivity contribution in [1.29, 1.82) is 0 Å². The third kappa shape index (κ3) is 3.90. The minimum atomic E-state index is 0.417. The molecule has 16 heavy (non-hydrogen) atoms. The van der Waals surface area contributed by atoms with Crippen LogP contribution in [0.3, 0.4) is 0 Å². The molecule has 0 atom stereocenters. The molecule has 1 aromatic rings. The van der Waals surface area contributed by atoms with Crippen LogP contribution in [0.15, 0.2) is 23.2 Å². The molecule has 3 N–H and O–H groups in total. The highest BCUT2D eigenvalue weighted by Gasteiger charge is 1.97. The number of guanidine groups is 1. The quantitative estimate of drug-likeness (QED) is 0.462. The van der Waals surface area contributed by atoms with E-state index >= 15 is 0 Å². The van der Waals surface area contributed by atoms with Crippen molar-refractivity contribution < 1.29 is 4.74 Å². The Labute approximate surface area is 96.5 Å². The molecule has 1 rings (SSSR count). The summed E-state index contributed by atoms with van der Waals surface area (Å²) in [6.45, 7) is 5.30. The maximum absolute atomic E-state index is 5.72. The van der Waals surface area contributed by atoms with Gasteiger partial charge in [0.1, 0.15) is 0 Å². The van der Waals surface area contributed by atoms with Crippen LogP contribution in [0.4, 0.5) is 5.69 Å². The molecule has 0 unspecified atom stereocenters. The average molecular weight is 221 g/mol. The average Bonchev–Trinajstić information content (AvgIpc) is 2.24. The Bertz CT molecular complexity index is 375. The number of rotatable bonds is 4. The molecule has 0 aliphatic carbocycles. The van der Waals surface area contributed by atoms with Gasteiger partial charge in [-0.2, -0.15) is 0 Å². The van der Waals surface area contributed by atoms with E-state index in [9.17, 15) is 0 Å². The van der Waals surface area contributed by atoms with E-state index in [1.807, 2.05) is 12.1 Å². The first-order valence-corrected chi connectivity index (χ1v) is 5.26. The van der Waals surface area contributed by atoms with Gasteiger partial charge in [0, 0.05) is 12.8 Å². The predicted octanol–water partition coefficient (Wildman–Crippen LogP) is 1.68. The highest BCUT2D eigenvalue weighted by molar-refractivity contribution is 5.92. The molecule has 0 amide bonds. The van der Waals surface area contributed by atoms with Crippen molar-refractivity contribution in [3.05, 3.63) is 29.3 Å². The predicted molar refractivity (Wildman–Crippen MR) is 67.9 cm³/mol. The van der Waals surface area contributed by atoms with E-state index in [2.05, 4.69) is 30.2 Å². The molecular weight excluding hydrogens is 202 g/mol. The van der Waals surface area contributed by atoms with Gasteiger partial charge in [0.25, 0.3) is 0 Å². The van der Waals surface area contributed by atoms with Crippen molar-refractivity contribution in [1.82, 2.24) is 0 Å². The largest absolute Gasteiger partial charge is 0.383 e. The Balaban J connectivity index is 2.59. The first-order valence-electron chi connectivity index (χ1n) is 5.26. The Morgan fingerprint density at radius 3 is 2.75 bits per heavy atom. The number of aliphatic imine (C=N–C) groups is 1. The second kappa shape index (κ2) is 6.12. The number of nitrogens with zero attached hydrogens (tertiary/aromatic N) is 1. The number of ether oxygens (including phenoxy) is 1. The fraction of sp³-hybridized carbons (Fsp3) is 0.417. The fourth-order valence-electron chi connectivity index (χ4n) is 1.26. The molecule has 0 bridgehead atoms. The zero-order chi connectivity index (χ0) is 12.0. The fourth-order valence-corrected chi connectivity index (χ4v) is 1.26. The number of hydrogen-bond acceptors (Lipinski definition) is 2. The maximum Gasteiger partial charge on any atom is 0.193 e. The second-order valence-electron chi connectivity index (χ2n) is 3.68. The summed E-state index contributed by atoms with van der Waals surface area (Å²) in [6.07, 6.45) is 0. The van der Waals surface area contributed by atoms with Gasteiger partial charge in [-0.3, -0.25) is 4.99 Å².